The van der Waals surface area contributed by atoms with Crippen molar-refractivity contribution in [2.24, 2.45) is 0 Å². The number of pyridine rings is 1. The van der Waals surface area contributed by atoms with Gasteiger partial charge < -0.3 is 5.32 Å². The summed E-state index contributed by atoms with van der Waals surface area (Å²) in [5.74, 6) is 0. The molecule has 1 N–H and O–H groups in total. The van der Waals surface area contributed by atoms with Crippen LogP contribution in [0.5, 0.6) is 0 Å². The van der Waals surface area contributed by atoms with Crippen molar-refractivity contribution in [1.29, 1.82) is 0 Å². The number of nitrogens with zero attached hydrogens (tertiary/aromatic N) is 1. The van der Waals surface area contributed by atoms with Gasteiger partial charge in [0.05, 0.1) is 6.04 Å². The molecule has 0 aliphatic heterocycles. The van der Waals surface area contributed by atoms with Crippen LogP contribution in [0.2, 0.25) is 0 Å². The lowest BCUT2D eigenvalue weighted by atomic mass is 9.94. The van der Waals surface area contributed by atoms with E-state index < -0.39 is 0 Å². The molecule has 0 aliphatic carbocycles. The normalized spacial score (nSPS) is 12.5. The lowest BCUT2D eigenvalue weighted by Gasteiger charge is -2.20. The molecule has 0 radical (unpaired) electrons. The molecular formula is C18H17BrN2. The van der Waals surface area contributed by atoms with E-state index in [9.17, 15) is 0 Å². The molecular weight excluding hydrogens is 324 g/mol. The smallest absolute Gasteiger partial charge is 0.0581 e. The lowest BCUT2D eigenvalue weighted by Crippen LogP contribution is -2.18. The second-order valence-corrected chi connectivity index (χ2v) is 6.14. The fourth-order valence-corrected chi connectivity index (χ4v) is 3.45. The zero-order valence-corrected chi connectivity index (χ0v) is 13.7. The van der Waals surface area contributed by atoms with Gasteiger partial charge in [0.25, 0.3) is 0 Å². The molecule has 2 aromatic carbocycles. The van der Waals surface area contributed by atoms with E-state index in [0.717, 1.165) is 4.47 Å². The van der Waals surface area contributed by atoms with Crippen molar-refractivity contribution in [3.8, 4) is 0 Å². The van der Waals surface area contributed by atoms with Crippen LogP contribution in [0.4, 0.5) is 0 Å². The van der Waals surface area contributed by atoms with E-state index in [0.29, 0.717) is 0 Å². The van der Waals surface area contributed by atoms with Crippen molar-refractivity contribution in [2.75, 3.05) is 7.05 Å². The van der Waals surface area contributed by atoms with E-state index in [1.165, 1.54) is 27.5 Å². The Kier molecular flexibility index (Phi) is 4.04. The summed E-state index contributed by atoms with van der Waals surface area (Å²) >= 11 is 3.59. The molecule has 106 valence electrons. The third-order valence-corrected chi connectivity index (χ3v) is 4.17. The third-order valence-electron chi connectivity index (χ3n) is 3.71. The number of rotatable bonds is 3. The molecule has 1 heterocycles. The number of fused-ring (bicyclic) bond motifs is 1. The quantitative estimate of drug-likeness (QED) is 0.752. The average molecular weight is 341 g/mol. The first-order valence-corrected chi connectivity index (χ1v) is 7.75. The first-order valence-electron chi connectivity index (χ1n) is 6.96. The molecule has 2 nitrogen and oxygen atoms in total. The monoisotopic (exact) mass is 340 g/mol. The lowest BCUT2D eigenvalue weighted by molar-refractivity contribution is 0.695. The van der Waals surface area contributed by atoms with Crippen LogP contribution in [0.25, 0.3) is 10.8 Å². The Morgan fingerprint density at radius 3 is 2.76 bits per heavy atom. The van der Waals surface area contributed by atoms with Crippen molar-refractivity contribution >= 4 is 26.7 Å². The summed E-state index contributed by atoms with van der Waals surface area (Å²) in [4.78, 5) is 4.28. The summed E-state index contributed by atoms with van der Waals surface area (Å²) in [5.41, 5.74) is 3.75. The molecule has 1 unspecified atom stereocenters. The van der Waals surface area contributed by atoms with Gasteiger partial charge in [0, 0.05) is 22.3 Å². The highest BCUT2D eigenvalue weighted by Crippen LogP contribution is 2.30. The minimum atomic E-state index is 0.147. The minimum Gasteiger partial charge on any atom is -0.309 e. The zero-order chi connectivity index (χ0) is 14.8. The molecule has 0 saturated carbocycles. The highest BCUT2D eigenvalue weighted by atomic mass is 79.9. The van der Waals surface area contributed by atoms with E-state index in [1.54, 1.807) is 0 Å². The van der Waals surface area contributed by atoms with Crippen molar-refractivity contribution in [2.45, 2.75) is 13.0 Å². The largest absolute Gasteiger partial charge is 0.309 e. The fraction of sp³-hybridized carbons (Fsp3) is 0.167. The summed E-state index contributed by atoms with van der Waals surface area (Å²) in [6.07, 6.45) is 3.78. The van der Waals surface area contributed by atoms with Gasteiger partial charge >= 0.3 is 0 Å². The number of hydrogen-bond donors (Lipinski definition) is 1. The van der Waals surface area contributed by atoms with Crippen LogP contribution < -0.4 is 5.32 Å². The van der Waals surface area contributed by atoms with Crippen LogP contribution in [0.3, 0.4) is 0 Å². The highest BCUT2D eigenvalue weighted by molar-refractivity contribution is 9.10. The Labute approximate surface area is 133 Å². The maximum Gasteiger partial charge on any atom is 0.0581 e. The van der Waals surface area contributed by atoms with Crippen LogP contribution in [0.1, 0.15) is 22.7 Å². The van der Waals surface area contributed by atoms with Gasteiger partial charge in [0.1, 0.15) is 0 Å². The molecule has 3 aromatic rings. The molecule has 0 amide bonds. The number of hydrogen-bond acceptors (Lipinski definition) is 2. The van der Waals surface area contributed by atoms with Crippen molar-refractivity contribution in [3.05, 3.63) is 76.0 Å². The van der Waals surface area contributed by atoms with Gasteiger partial charge in [-0.15, -0.1) is 0 Å². The fourth-order valence-electron chi connectivity index (χ4n) is 2.82. The van der Waals surface area contributed by atoms with E-state index in [4.69, 9.17) is 0 Å². The molecule has 1 atom stereocenters. The number of nitrogens with one attached hydrogen (secondary N) is 1. The van der Waals surface area contributed by atoms with E-state index in [1.807, 2.05) is 19.4 Å². The standard InChI is InChI=1S/C18H17BrN2/c1-12-8-14(10-15(19)9-12)18(20-2)16-5-3-4-13-6-7-21-11-17(13)16/h3-11,18,20H,1-2H3. The van der Waals surface area contributed by atoms with Gasteiger partial charge in [0.15, 0.2) is 0 Å². The van der Waals surface area contributed by atoms with E-state index >= 15 is 0 Å². The maximum absolute atomic E-state index is 4.28. The molecule has 0 saturated heterocycles. The Morgan fingerprint density at radius 2 is 2.00 bits per heavy atom. The van der Waals surface area contributed by atoms with Crippen molar-refractivity contribution < 1.29 is 0 Å². The SMILES string of the molecule is CNC(c1cc(C)cc(Br)c1)c1cccc2ccncc12. The summed E-state index contributed by atoms with van der Waals surface area (Å²) in [5, 5.41) is 5.84. The molecule has 21 heavy (non-hydrogen) atoms. The minimum absolute atomic E-state index is 0.147. The van der Waals surface area contributed by atoms with Crippen LogP contribution in [0.15, 0.2) is 59.3 Å². The second kappa shape index (κ2) is 5.96. The Morgan fingerprint density at radius 1 is 1.14 bits per heavy atom. The number of benzene rings is 2. The molecule has 0 aliphatic rings. The summed E-state index contributed by atoms with van der Waals surface area (Å²) in [6.45, 7) is 2.12. The predicted molar refractivity (Wildman–Crippen MR) is 91.5 cm³/mol. The third kappa shape index (κ3) is 2.85. The van der Waals surface area contributed by atoms with Crippen LogP contribution in [-0.4, -0.2) is 12.0 Å². The van der Waals surface area contributed by atoms with Crippen molar-refractivity contribution in [3.63, 3.8) is 0 Å². The molecule has 3 heteroatoms. The average Bonchev–Trinajstić information content (AvgIpc) is 2.47. The molecule has 1 aromatic heterocycles. The summed E-state index contributed by atoms with van der Waals surface area (Å²) in [7, 11) is 2.00. The number of aryl methyl sites for hydroxylation is 1. The summed E-state index contributed by atoms with van der Waals surface area (Å²) in [6, 6.07) is 15.1. The molecule has 0 fully saturated rings. The Hall–Kier alpha value is -1.71. The van der Waals surface area contributed by atoms with Crippen molar-refractivity contribution in [1.82, 2.24) is 10.3 Å². The molecule has 3 rings (SSSR count). The van der Waals surface area contributed by atoms with E-state index in [-0.39, 0.29) is 6.04 Å². The topological polar surface area (TPSA) is 24.9 Å². The Balaban J connectivity index is 2.18. The van der Waals surface area contributed by atoms with Gasteiger partial charge in [-0.1, -0.05) is 40.2 Å². The second-order valence-electron chi connectivity index (χ2n) is 5.23. The van der Waals surface area contributed by atoms with Gasteiger partial charge in [-0.3, -0.25) is 4.98 Å². The van der Waals surface area contributed by atoms with Crippen LogP contribution >= 0.6 is 15.9 Å². The van der Waals surface area contributed by atoms with Crippen LogP contribution in [0, 0.1) is 6.92 Å². The van der Waals surface area contributed by atoms with Gasteiger partial charge in [0.2, 0.25) is 0 Å². The highest BCUT2D eigenvalue weighted by Gasteiger charge is 2.15. The van der Waals surface area contributed by atoms with Gasteiger partial charge in [-0.2, -0.15) is 0 Å². The van der Waals surface area contributed by atoms with E-state index in [2.05, 4.69) is 75.6 Å². The number of aromatic nitrogens is 1. The number of halogens is 1. The Bertz CT molecular complexity index is 758. The predicted octanol–water partition coefficient (Wildman–Crippen LogP) is 4.61. The first kappa shape index (κ1) is 14.2. The first-order chi connectivity index (χ1) is 10.2. The maximum atomic E-state index is 4.28. The molecule has 0 spiro atoms. The zero-order valence-electron chi connectivity index (χ0n) is 12.1. The molecule has 0 bridgehead atoms. The van der Waals surface area contributed by atoms with Crippen LogP contribution in [-0.2, 0) is 0 Å². The van der Waals surface area contributed by atoms with Gasteiger partial charge in [-0.05, 0) is 54.2 Å². The van der Waals surface area contributed by atoms with Gasteiger partial charge in [-0.25, -0.2) is 0 Å². The summed E-state index contributed by atoms with van der Waals surface area (Å²) < 4.78 is 1.11.